The summed E-state index contributed by atoms with van der Waals surface area (Å²) in [6, 6.07) is 7.61. The molecule has 7 nitrogen and oxygen atoms in total. The minimum atomic E-state index is 0.0789. The smallest absolute Gasteiger partial charge is 0.219 e. The van der Waals surface area contributed by atoms with Gasteiger partial charge in [-0.1, -0.05) is 0 Å². The Morgan fingerprint density at radius 2 is 2.00 bits per heavy atom. The first kappa shape index (κ1) is 19.2. The fourth-order valence-electron chi connectivity index (χ4n) is 2.52. The van der Waals surface area contributed by atoms with Crippen molar-refractivity contribution in [2.75, 3.05) is 32.1 Å². The van der Waals surface area contributed by atoms with E-state index in [2.05, 4.69) is 10.3 Å². The van der Waals surface area contributed by atoms with Gasteiger partial charge in [0.25, 0.3) is 0 Å². The van der Waals surface area contributed by atoms with E-state index in [1.165, 1.54) is 13.2 Å². The number of nitrogens with zero attached hydrogens (tertiary/aromatic N) is 2. The van der Waals surface area contributed by atoms with Crippen molar-refractivity contribution in [2.45, 2.75) is 13.8 Å². The molecule has 1 aliphatic carbocycles. The Kier molecular flexibility index (Phi) is 6.54. The molecule has 0 heterocycles. The molecule has 0 bridgehead atoms. The van der Waals surface area contributed by atoms with E-state index < -0.39 is 0 Å². The Morgan fingerprint density at radius 3 is 2.58 bits per heavy atom. The molecule has 0 spiro atoms. The van der Waals surface area contributed by atoms with Gasteiger partial charge in [-0.25, -0.2) is 4.99 Å². The molecule has 0 saturated heterocycles. The topological polar surface area (TPSA) is 104 Å². The normalized spacial score (nSPS) is 15.3. The molecular formula is C19H25N5O2. The van der Waals surface area contributed by atoms with Crippen molar-refractivity contribution in [1.29, 1.82) is 5.41 Å². The number of nitrogens with one attached hydrogen (secondary N) is 2. The molecule has 0 fully saturated rings. The maximum atomic E-state index is 11.4. The van der Waals surface area contributed by atoms with E-state index in [9.17, 15) is 4.79 Å². The van der Waals surface area contributed by atoms with Gasteiger partial charge in [-0.2, -0.15) is 0 Å². The first-order valence-electron chi connectivity index (χ1n) is 8.45. The van der Waals surface area contributed by atoms with Crippen LogP contribution in [0.5, 0.6) is 0 Å². The summed E-state index contributed by atoms with van der Waals surface area (Å²) in [7, 11) is 1.51. The lowest BCUT2D eigenvalue weighted by Crippen LogP contribution is -2.32. The number of carbonyl (C=O) groups excluding carboxylic acids is 1. The molecule has 1 aromatic carbocycles. The summed E-state index contributed by atoms with van der Waals surface area (Å²) in [4.78, 5) is 17.7. The fourth-order valence-corrected chi connectivity index (χ4v) is 2.52. The monoisotopic (exact) mass is 355 g/mol. The SMILES string of the molecule is CCN(CCNc1ccc(N=C2C=C(OC)C(=N)C=C2N)cc1)C(C)=O. The zero-order chi connectivity index (χ0) is 19.1. The highest BCUT2D eigenvalue weighted by Crippen LogP contribution is 2.19. The van der Waals surface area contributed by atoms with Crippen LogP contribution < -0.4 is 11.1 Å². The Bertz CT molecular complexity index is 763. The highest BCUT2D eigenvalue weighted by molar-refractivity contribution is 6.22. The van der Waals surface area contributed by atoms with Crippen LogP contribution >= 0.6 is 0 Å². The molecule has 26 heavy (non-hydrogen) atoms. The van der Waals surface area contributed by atoms with E-state index in [0.717, 1.165) is 11.4 Å². The maximum Gasteiger partial charge on any atom is 0.219 e. The second-order valence-electron chi connectivity index (χ2n) is 5.80. The Balaban J connectivity index is 2.01. The molecule has 0 saturated carbocycles. The van der Waals surface area contributed by atoms with Crippen LogP contribution in [0.3, 0.4) is 0 Å². The Labute approximate surface area is 153 Å². The first-order chi connectivity index (χ1) is 12.4. The van der Waals surface area contributed by atoms with Crippen molar-refractivity contribution in [3.05, 3.63) is 47.9 Å². The highest BCUT2D eigenvalue weighted by atomic mass is 16.5. The van der Waals surface area contributed by atoms with Crippen LogP contribution in [-0.4, -0.2) is 49.0 Å². The first-order valence-corrected chi connectivity index (χ1v) is 8.45. The Hall–Kier alpha value is -3.09. The van der Waals surface area contributed by atoms with Crippen LogP contribution in [0, 0.1) is 5.41 Å². The number of benzene rings is 1. The lowest BCUT2D eigenvalue weighted by Gasteiger charge is -2.19. The standard InChI is InChI=1S/C19H25N5O2/c1-4-24(13(2)25)10-9-22-14-5-7-15(8-6-14)23-18-12-19(26-3)17(21)11-16(18)20/h5-8,11-12,21-22H,4,9-10,20H2,1-3H3. The molecule has 1 aromatic rings. The van der Waals surface area contributed by atoms with Crippen LogP contribution in [0.4, 0.5) is 11.4 Å². The number of anilines is 1. The summed E-state index contributed by atoms with van der Waals surface area (Å²) < 4.78 is 5.15. The molecule has 138 valence electrons. The number of rotatable bonds is 7. The fraction of sp³-hybridized carbons (Fsp3) is 0.316. The molecule has 0 aliphatic heterocycles. The van der Waals surface area contributed by atoms with E-state index in [4.69, 9.17) is 15.9 Å². The lowest BCUT2D eigenvalue weighted by molar-refractivity contribution is -0.128. The second kappa shape index (κ2) is 8.84. The van der Waals surface area contributed by atoms with E-state index in [-0.39, 0.29) is 11.6 Å². The summed E-state index contributed by atoms with van der Waals surface area (Å²) in [5.41, 5.74) is 8.88. The number of hydrogen-bond donors (Lipinski definition) is 3. The number of amides is 1. The molecule has 4 N–H and O–H groups in total. The summed E-state index contributed by atoms with van der Waals surface area (Å²) in [5, 5.41) is 11.1. The van der Waals surface area contributed by atoms with Gasteiger partial charge in [0.2, 0.25) is 5.91 Å². The zero-order valence-corrected chi connectivity index (χ0v) is 15.4. The highest BCUT2D eigenvalue weighted by Gasteiger charge is 2.14. The molecule has 0 atom stereocenters. The number of ether oxygens (including phenoxy) is 1. The van der Waals surface area contributed by atoms with Crippen LogP contribution in [0.15, 0.2) is 52.9 Å². The van der Waals surface area contributed by atoms with Gasteiger partial charge in [-0.15, -0.1) is 0 Å². The average Bonchev–Trinajstić information content (AvgIpc) is 2.62. The molecule has 0 radical (unpaired) electrons. The summed E-state index contributed by atoms with van der Waals surface area (Å²) >= 11 is 0. The third kappa shape index (κ3) is 4.95. The number of carbonyl (C=O) groups is 1. The van der Waals surface area contributed by atoms with Crippen molar-refractivity contribution in [1.82, 2.24) is 4.90 Å². The summed E-state index contributed by atoms with van der Waals surface area (Å²) in [5.74, 6) is 0.511. The van der Waals surface area contributed by atoms with E-state index in [1.807, 2.05) is 31.2 Å². The molecular weight excluding hydrogens is 330 g/mol. The molecule has 0 unspecified atom stereocenters. The van der Waals surface area contributed by atoms with Gasteiger partial charge < -0.3 is 20.7 Å². The molecule has 2 rings (SSSR count). The predicted octanol–water partition coefficient (Wildman–Crippen LogP) is 2.45. The van der Waals surface area contributed by atoms with Crippen LogP contribution in [0.1, 0.15) is 13.8 Å². The van der Waals surface area contributed by atoms with Gasteiger partial charge in [0.1, 0.15) is 5.76 Å². The van der Waals surface area contributed by atoms with Crippen molar-refractivity contribution >= 4 is 28.7 Å². The van der Waals surface area contributed by atoms with Crippen LogP contribution in [0.2, 0.25) is 0 Å². The number of hydrogen-bond acceptors (Lipinski definition) is 6. The van der Waals surface area contributed by atoms with Gasteiger partial charge >= 0.3 is 0 Å². The van der Waals surface area contributed by atoms with E-state index >= 15 is 0 Å². The van der Waals surface area contributed by atoms with Gasteiger partial charge in [0, 0.05) is 38.3 Å². The third-order valence-corrected chi connectivity index (χ3v) is 4.00. The largest absolute Gasteiger partial charge is 0.494 e. The molecule has 0 aromatic heterocycles. The number of aliphatic imine (C=N–C) groups is 1. The van der Waals surface area contributed by atoms with Gasteiger partial charge in [0.05, 0.1) is 29.9 Å². The van der Waals surface area contributed by atoms with Crippen molar-refractivity contribution in [3.8, 4) is 0 Å². The number of nitrogens with two attached hydrogens (primary N) is 1. The van der Waals surface area contributed by atoms with E-state index in [1.54, 1.807) is 17.9 Å². The Morgan fingerprint density at radius 1 is 1.31 bits per heavy atom. The molecule has 7 heteroatoms. The summed E-state index contributed by atoms with van der Waals surface area (Å²) in [6.45, 7) is 5.59. The maximum absolute atomic E-state index is 11.4. The minimum absolute atomic E-state index is 0.0789. The van der Waals surface area contributed by atoms with Crippen LogP contribution in [-0.2, 0) is 9.53 Å². The van der Waals surface area contributed by atoms with E-state index in [0.29, 0.717) is 36.8 Å². The second-order valence-corrected chi connectivity index (χ2v) is 5.80. The number of likely N-dealkylation sites (N-methyl/N-ethyl adjacent to an activating group) is 1. The molecule has 1 amide bonds. The number of allylic oxidation sites excluding steroid dienone is 2. The third-order valence-electron chi connectivity index (χ3n) is 4.00. The average molecular weight is 355 g/mol. The minimum Gasteiger partial charge on any atom is -0.494 e. The summed E-state index contributed by atoms with van der Waals surface area (Å²) in [6.07, 6.45) is 3.19. The number of methoxy groups -OCH3 is 1. The predicted molar refractivity (Wildman–Crippen MR) is 105 cm³/mol. The van der Waals surface area contributed by atoms with Gasteiger partial charge in [-0.05, 0) is 37.3 Å². The van der Waals surface area contributed by atoms with Gasteiger partial charge in [0.15, 0.2) is 0 Å². The van der Waals surface area contributed by atoms with Crippen LogP contribution in [0.25, 0.3) is 0 Å². The van der Waals surface area contributed by atoms with Crippen molar-refractivity contribution in [2.24, 2.45) is 10.7 Å². The zero-order valence-electron chi connectivity index (χ0n) is 15.4. The van der Waals surface area contributed by atoms with Crippen molar-refractivity contribution in [3.63, 3.8) is 0 Å². The lowest BCUT2D eigenvalue weighted by atomic mass is 10.1. The van der Waals surface area contributed by atoms with Gasteiger partial charge in [-0.3, -0.25) is 10.2 Å². The van der Waals surface area contributed by atoms with Crippen molar-refractivity contribution < 1.29 is 9.53 Å². The quantitative estimate of drug-likeness (QED) is 0.654. The molecule has 1 aliphatic rings.